The molecule has 4 aromatic rings. The van der Waals surface area contributed by atoms with Crippen LogP contribution in [0.2, 0.25) is 0 Å². The monoisotopic (exact) mass is 416 g/mol. The standard InChI is InChI=1S/C23H20N4O4/c1-29-16-12-14(22(28)30-2)11-15(13-16)26-23-25-10-9-21(27-23)31-20-8-7-19(24)17-5-3-4-6-18(17)20/h3-13H,24H2,1-2H3,(H,25,26,27). The average molecular weight is 416 g/mol. The number of anilines is 3. The molecule has 0 spiro atoms. The number of nitrogens with one attached hydrogen (secondary N) is 1. The predicted molar refractivity (Wildman–Crippen MR) is 118 cm³/mol. The fraction of sp³-hybridized carbons (Fsp3) is 0.0870. The van der Waals surface area contributed by atoms with Crippen LogP contribution in [-0.4, -0.2) is 30.2 Å². The van der Waals surface area contributed by atoms with Crippen LogP contribution in [0, 0.1) is 0 Å². The molecule has 0 aliphatic heterocycles. The summed E-state index contributed by atoms with van der Waals surface area (Å²) in [7, 11) is 2.84. The number of carbonyl (C=O) groups is 1. The van der Waals surface area contributed by atoms with Crippen LogP contribution in [0.5, 0.6) is 17.4 Å². The van der Waals surface area contributed by atoms with E-state index in [1.54, 1.807) is 42.6 Å². The predicted octanol–water partition coefficient (Wildman–Crippen LogP) is 4.54. The highest BCUT2D eigenvalue weighted by Crippen LogP contribution is 2.33. The zero-order valence-corrected chi connectivity index (χ0v) is 17.0. The van der Waals surface area contributed by atoms with Gasteiger partial charge in [0.1, 0.15) is 11.5 Å². The van der Waals surface area contributed by atoms with E-state index in [0.29, 0.717) is 40.3 Å². The van der Waals surface area contributed by atoms with E-state index >= 15 is 0 Å². The van der Waals surface area contributed by atoms with Crippen molar-refractivity contribution in [3.8, 4) is 17.4 Å². The first kappa shape index (κ1) is 20.0. The fourth-order valence-corrected chi connectivity index (χ4v) is 3.11. The number of aromatic nitrogens is 2. The maximum absolute atomic E-state index is 11.9. The van der Waals surface area contributed by atoms with Crippen molar-refractivity contribution in [1.29, 1.82) is 0 Å². The number of hydrogen-bond donors (Lipinski definition) is 2. The van der Waals surface area contributed by atoms with E-state index in [1.165, 1.54) is 14.2 Å². The summed E-state index contributed by atoms with van der Waals surface area (Å²) in [6, 6.07) is 17.9. The number of fused-ring (bicyclic) bond motifs is 1. The summed E-state index contributed by atoms with van der Waals surface area (Å²) < 4.78 is 16.0. The highest BCUT2D eigenvalue weighted by molar-refractivity contribution is 5.97. The van der Waals surface area contributed by atoms with Crippen molar-refractivity contribution >= 4 is 34.1 Å². The zero-order chi connectivity index (χ0) is 21.8. The number of ether oxygens (including phenoxy) is 3. The Morgan fingerprint density at radius 3 is 2.58 bits per heavy atom. The number of nitrogen functional groups attached to an aromatic ring is 1. The lowest BCUT2D eigenvalue weighted by atomic mass is 10.1. The molecule has 8 heteroatoms. The summed E-state index contributed by atoms with van der Waals surface area (Å²) in [4.78, 5) is 20.5. The average Bonchev–Trinajstić information content (AvgIpc) is 2.80. The van der Waals surface area contributed by atoms with Crippen molar-refractivity contribution in [2.75, 3.05) is 25.3 Å². The normalized spacial score (nSPS) is 10.5. The molecule has 0 saturated heterocycles. The maximum atomic E-state index is 11.9. The number of benzene rings is 3. The van der Waals surface area contributed by atoms with E-state index in [-0.39, 0.29) is 0 Å². The lowest BCUT2D eigenvalue weighted by Crippen LogP contribution is -2.04. The summed E-state index contributed by atoms with van der Waals surface area (Å²) in [5, 5.41) is 4.84. The number of nitrogens with two attached hydrogens (primary N) is 1. The molecule has 0 aliphatic rings. The van der Waals surface area contributed by atoms with Crippen LogP contribution >= 0.6 is 0 Å². The van der Waals surface area contributed by atoms with Crippen LogP contribution in [0.1, 0.15) is 10.4 Å². The largest absolute Gasteiger partial charge is 0.497 e. The number of rotatable bonds is 6. The molecule has 1 heterocycles. The second-order valence-corrected chi connectivity index (χ2v) is 6.59. The first-order valence-electron chi connectivity index (χ1n) is 9.40. The van der Waals surface area contributed by atoms with Gasteiger partial charge in [0.15, 0.2) is 0 Å². The lowest BCUT2D eigenvalue weighted by Gasteiger charge is -2.12. The summed E-state index contributed by atoms with van der Waals surface area (Å²) in [5.74, 6) is 1.29. The van der Waals surface area contributed by atoms with Crippen LogP contribution in [-0.2, 0) is 4.74 Å². The van der Waals surface area contributed by atoms with Crippen molar-refractivity contribution in [2.24, 2.45) is 0 Å². The molecule has 3 aromatic carbocycles. The van der Waals surface area contributed by atoms with Crippen LogP contribution < -0.4 is 20.5 Å². The van der Waals surface area contributed by atoms with Crippen LogP contribution in [0.3, 0.4) is 0 Å². The topological polar surface area (TPSA) is 109 Å². The molecule has 156 valence electrons. The molecule has 0 aliphatic carbocycles. The SMILES string of the molecule is COC(=O)c1cc(Nc2nccc(Oc3ccc(N)c4ccccc34)n2)cc(OC)c1. The van der Waals surface area contributed by atoms with Crippen molar-refractivity contribution in [3.05, 3.63) is 72.4 Å². The number of nitrogens with zero attached hydrogens (tertiary/aromatic N) is 2. The van der Waals surface area contributed by atoms with Gasteiger partial charge in [0, 0.05) is 40.5 Å². The minimum absolute atomic E-state index is 0.293. The number of esters is 1. The van der Waals surface area contributed by atoms with E-state index in [1.807, 2.05) is 24.3 Å². The molecule has 0 unspecified atom stereocenters. The molecule has 0 radical (unpaired) electrons. The maximum Gasteiger partial charge on any atom is 0.338 e. The molecular weight excluding hydrogens is 396 g/mol. The summed E-state index contributed by atoms with van der Waals surface area (Å²) in [6.07, 6.45) is 1.57. The van der Waals surface area contributed by atoms with E-state index in [2.05, 4.69) is 15.3 Å². The highest BCUT2D eigenvalue weighted by atomic mass is 16.5. The Labute approximate surface area is 178 Å². The molecule has 0 amide bonds. The minimum Gasteiger partial charge on any atom is -0.497 e. The molecule has 3 N–H and O–H groups in total. The van der Waals surface area contributed by atoms with Gasteiger partial charge in [-0.3, -0.25) is 0 Å². The summed E-state index contributed by atoms with van der Waals surface area (Å²) >= 11 is 0. The first-order valence-corrected chi connectivity index (χ1v) is 9.40. The highest BCUT2D eigenvalue weighted by Gasteiger charge is 2.11. The van der Waals surface area contributed by atoms with Gasteiger partial charge in [0.2, 0.25) is 11.8 Å². The minimum atomic E-state index is -0.477. The molecule has 0 saturated carbocycles. The zero-order valence-electron chi connectivity index (χ0n) is 17.0. The molecule has 0 fully saturated rings. The third-order valence-electron chi connectivity index (χ3n) is 4.58. The van der Waals surface area contributed by atoms with Crippen LogP contribution in [0.15, 0.2) is 66.9 Å². The summed E-state index contributed by atoms with van der Waals surface area (Å²) in [5.41, 5.74) is 7.64. The van der Waals surface area contributed by atoms with Gasteiger partial charge in [-0.15, -0.1) is 0 Å². The third-order valence-corrected chi connectivity index (χ3v) is 4.58. The van der Waals surface area contributed by atoms with Gasteiger partial charge in [-0.05, 0) is 24.3 Å². The molecule has 8 nitrogen and oxygen atoms in total. The smallest absolute Gasteiger partial charge is 0.338 e. The Morgan fingerprint density at radius 2 is 1.81 bits per heavy atom. The number of methoxy groups -OCH3 is 2. The molecular formula is C23H20N4O4. The van der Waals surface area contributed by atoms with Gasteiger partial charge >= 0.3 is 5.97 Å². The Balaban J connectivity index is 1.62. The van der Waals surface area contributed by atoms with Gasteiger partial charge in [-0.2, -0.15) is 4.98 Å². The Hall–Kier alpha value is -4.33. The number of hydrogen-bond acceptors (Lipinski definition) is 8. The first-order chi connectivity index (χ1) is 15.1. The summed E-state index contributed by atoms with van der Waals surface area (Å²) in [6.45, 7) is 0. The van der Waals surface area contributed by atoms with Gasteiger partial charge in [-0.1, -0.05) is 24.3 Å². The number of carbonyl (C=O) groups excluding carboxylic acids is 1. The second-order valence-electron chi connectivity index (χ2n) is 6.59. The van der Waals surface area contributed by atoms with Crippen LogP contribution in [0.25, 0.3) is 10.8 Å². The molecule has 1 aromatic heterocycles. The van der Waals surface area contributed by atoms with Crippen LogP contribution in [0.4, 0.5) is 17.3 Å². The quantitative estimate of drug-likeness (QED) is 0.348. The van der Waals surface area contributed by atoms with E-state index in [4.69, 9.17) is 19.9 Å². The van der Waals surface area contributed by atoms with Crippen molar-refractivity contribution in [3.63, 3.8) is 0 Å². The fourth-order valence-electron chi connectivity index (χ4n) is 3.11. The van der Waals surface area contributed by atoms with E-state index in [0.717, 1.165) is 10.8 Å². The van der Waals surface area contributed by atoms with Crippen molar-refractivity contribution in [2.45, 2.75) is 0 Å². The Morgan fingerprint density at radius 1 is 1.00 bits per heavy atom. The third kappa shape index (κ3) is 4.32. The van der Waals surface area contributed by atoms with E-state index in [9.17, 15) is 4.79 Å². The molecule has 4 rings (SSSR count). The lowest BCUT2D eigenvalue weighted by molar-refractivity contribution is 0.0600. The van der Waals surface area contributed by atoms with Gasteiger partial charge < -0.3 is 25.3 Å². The Bertz CT molecular complexity index is 1260. The molecule has 0 bridgehead atoms. The molecule has 31 heavy (non-hydrogen) atoms. The second kappa shape index (κ2) is 8.58. The van der Waals surface area contributed by atoms with Gasteiger partial charge in [-0.25, -0.2) is 9.78 Å². The molecule has 0 atom stereocenters. The van der Waals surface area contributed by atoms with Gasteiger partial charge in [0.25, 0.3) is 0 Å². The van der Waals surface area contributed by atoms with E-state index < -0.39 is 5.97 Å². The Kier molecular flexibility index (Phi) is 5.53. The van der Waals surface area contributed by atoms with Crippen molar-refractivity contribution < 1.29 is 19.0 Å². The van der Waals surface area contributed by atoms with Gasteiger partial charge in [0.05, 0.1) is 19.8 Å². The van der Waals surface area contributed by atoms with Crippen molar-refractivity contribution in [1.82, 2.24) is 9.97 Å².